The fourth-order valence-corrected chi connectivity index (χ4v) is 2.74. The molecule has 0 aromatic heterocycles. The van der Waals surface area contributed by atoms with Crippen LogP contribution < -0.4 is 0 Å². The predicted molar refractivity (Wildman–Crippen MR) is 83.8 cm³/mol. The highest BCUT2D eigenvalue weighted by Crippen LogP contribution is 2.24. The van der Waals surface area contributed by atoms with Crippen LogP contribution in [0.3, 0.4) is 0 Å². The van der Waals surface area contributed by atoms with Crippen LogP contribution in [0.5, 0.6) is 0 Å². The number of ether oxygens (including phenoxy) is 1. The van der Waals surface area contributed by atoms with Crippen molar-refractivity contribution in [2.75, 3.05) is 7.11 Å². The maximum atomic E-state index is 11.3. The highest BCUT2D eigenvalue weighted by Gasteiger charge is 2.05. The number of ketones is 1. The van der Waals surface area contributed by atoms with Crippen LogP contribution in [-0.2, 0) is 10.5 Å². The number of thioether (sulfide) groups is 1. The van der Waals surface area contributed by atoms with Crippen LogP contribution in [0.2, 0.25) is 0 Å². The molecule has 0 aliphatic heterocycles. The van der Waals surface area contributed by atoms with Gasteiger partial charge in [-0.2, -0.15) is 0 Å². The van der Waals surface area contributed by atoms with Crippen molar-refractivity contribution in [3.8, 4) is 0 Å². The molecule has 3 nitrogen and oxygen atoms in total. The molecule has 0 aliphatic rings. The minimum absolute atomic E-state index is 0.0693. The number of rotatable bonds is 5. The molecule has 0 spiro atoms. The van der Waals surface area contributed by atoms with Crippen LogP contribution in [0, 0.1) is 0 Å². The molecule has 2 aromatic rings. The molecule has 0 saturated carbocycles. The van der Waals surface area contributed by atoms with E-state index in [-0.39, 0.29) is 11.8 Å². The van der Waals surface area contributed by atoms with Gasteiger partial charge in [0.15, 0.2) is 5.78 Å². The molecule has 0 aliphatic carbocycles. The second kappa shape index (κ2) is 7.09. The number of benzene rings is 2. The maximum absolute atomic E-state index is 11.3. The van der Waals surface area contributed by atoms with Gasteiger partial charge in [0.1, 0.15) is 0 Å². The van der Waals surface area contributed by atoms with Crippen LogP contribution in [0.1, 0.15) is 33.2 Å². The maximum Gasteiger partial charge on any atom is 0.337 e. The third-order valence-electron chi connectivity index (χ3n) is 3.02. The molecule has 4 heteroatoms. The molecular weight excluding hydrogens is 284 g/mol. The van der Waals surface area contributed by atoms with E-state index in [1.165, 1.54) is 7.11 Å². The van der Waals surface area contributed by atoms with Gasteiger partial charge in [-0.15, -0.1) is 11.8 Å². The van der Waals surface area contributed by atoms with Crippen molar-refractivity contribution in [2.45, 2.75) is 17.6 Å². The van der Waals surface area contributed by atoms with Gasteiger partial charge >= 0.3 is 5.97 Å². The summed E-state index contributed by atoms with van der Waals surface area (Å²) in [5.41, 5.74) is 2.38. The summed E-state index contributed by atoms with van der Waals surface area (Å²) in [5, 5.41) is 0. The molecule has 0 saturated heterocycles. The zero-order chi connectivity index (χ0) is 15.2. The summed E-state index contributed by atoms with van der Waals surface area (Å²) in [6.45, 7) is 1.56. The van der Waals surface area contributed by atoms with E-state index in [2.05, 4.69) is 4.74 Å². The van der Waals surface area contributed by atoms with Gasteiger partial charge in [-0.05, 0) is 36.8 Å². The molecule has 108 valence electrons. The lowest BCUT2D eigenvalue weighted by molar-refractivity contribution is 0.0600. The van der Waals surface area contributed by atoms with E-state index in [4.69, 9.17) is 0 Å². The normalized spacial score (nSPS) is 10.2. The minimum Gasteiger partial charge on any atom is -0.465 e. The third-order valence-corrected chi connectivity index (χ3v) is 4.09. The average molecular weight is 300 g/mol. The summed E-state index contributed by atoms with van der Waals surface area (Å²) < 4.78 is 4.66. The Morgan fingerprint density at radius 1 is 1.05 bits per heavy atom. The van der Waals surface area contributed by atoms with Gasteiger partial charge in [0, 0.05) is 16.2 Å². The zero-order valence-electron chi connectivity index (χ0n) is 12.0. The first-order valence-electron chi connectivity index (χ1n) is 6.51. The summed E-state index contributed by atoms with van der Waals surface area (Å²) in [7, 11) is 1.37. The fourth-order valence-electron chi connectivity index (χ4n) is 1.83. The smallest absolute Gasteiger partial charge is 0.337 e. The Balaban J connectivity index is 2.01. The topological polar surface area (TPSA) is 43.4 Å². The standard InChI is InChI=1S/C17H16O3S/c1-12(18)15-4-3-5-16(10-15)21-11-13-6-8-14(9-7-13)17(19)20-2/h3-10H,11H2,1-2H3. The number of Topliss-reactive ketones (excluding diaryl/α,β-unsaturated/α-hetero) is 1. The first-order valence-corrected chi connectivity index (χ1v) is 7.50. The number of methoxy groups -OCH3 is 1. The van der Waals surface area contributed by atoms with Crippen molar-refractivity contribution in [2.24, 2.45) is 0 Å². The Hall–Kier alpha value is -2.07. The number of esters is 1. The molecule has 0 unspecified atom stereocenters. The van der Waals surface area contributed by atoms with Crippen molar-refractivity contribution in [3.63, 3.8) is 0 Å². The zero-order valence-corrected chi connectivity index (χ0v) is 12.8. The Labute approximate surface area is 128 Å². The quantitative estimate of drug-likeness (QED) is 0.476. The molecular formula is C17H16O3S. The van der Waals surface area contributed by atoms with Crippen LogP contribution in [0.25, 0.3) is 0 Å². The third kappa shape index (κ3) is 4.20. The van der Waals surface area contributed by atoms with Crippen molar-refractivity contribution >= 4 is 23.5 Å². The van der Waals surface area contributed by atoms with Crippen LogP contribution in [0.15, 0.2) is 53.4 Å². The highest BCUT2D eigenvalue weighted by atomic mass is 32.2. The van der Waals surface area contributed by atoms with E-state index in [1.807, 2.05) is 36.4 Å². The van der Waals surface area contributed by atoms with Gasteiger partial charge in [0.25, 0.3) is 0 Å². The van der Waals surface area contributed by atoms with Crippen LogP contribution >= 0.6 is 11.8 Å². The van der Waals surface area contributed by atoms with E-state index in [0.717, 1.165) is 21.8 Å². The lowest BCUT2D eigenvalue weighted by Crippen LogP contribution is -2.00. The summed E-state index contributed by atoms with van der Waals surface area (Å²) in [5.74, 6) is 0.520. The van der Waals surface area contributed by atoms with Crippen molar-refractivity contribution in [1.82, 2.24) is 0 Å². The minimum atomic E-state index is -0.330. The van der Waals surface area contributed by atoms with Crippen molar-refractivity contribution < 1.29 is 14.3 Å². The number of carbonyl (C=O) groups is 2. The van der Waals surface area contributed by atoms with Gasteiger partial charge in [0.2, 0.25) is 0 Å². The SMILES string of the molecule is COC(=O)c1ccc(CSc2cccc(C(C)=O)c2)cc1. The van der Waals surface area contributed by atoms with Gasteiger partial charge in [-0.3, -0.25) is 4.79 Å². The molecule has 2 aromatic carbocycles. The first-order chi connectivity index (χ1) is 10.1. The van der Waals surface area contributed by atoms with Crippen molar-refractivity contribution in [1.29, 1.82) is 0 Å². The Morgan fingerprint density at radius 2 is 1.76 bits per heavy atom. The summed E-state index contributed by atoms with van der Waals surface area (Å²) >= 11 is 1.66. The molecule has 0 fully saturated rings. The van der Waals surface area contributed by atoms with Crippen LogP contribution in [0.4, 0.5) is 0 Å². The molecule has 0 N–H and O–H groups in total. The second-order valence-electron chi connectivity index (χ2n) is 4.56. The fraction of sp³-hybridized carbons (Fsp3) is 0.176. The lowest BCUT2D eigenvalue weighted by atomic mass is 10.1. The van der Waals surface area contributed by atoms with Gasteiger partial charge in [-0.1, -0.05) is 24.3 Å². The molecule has 0 bridgehead atoms. The average Bonchev–Trinajstić information content (AvgIpc) is 2.53. The molecule has 0 amide bonds. The largest absolute Gasteiger partial charge is 0.465 e. The van der Waals surface area contributed by atoms with E-state index < -0.39 is 0 Å². The Bertz CT molecular complexity index is 647. The van der Waals surface area contributed by atoms with E-state index in [1.54, 1.807) is 30.8 Å². The number of carbonyl (C=O) groups excluding carboxylic acids is 2. The van der Waals surface area contributed by atoms with Crippen LogP contribution in [-0.4, -0.2) is 18.9 Å². The predicted octanol–water partition coefficient (Wildman–Crippen LogP) is 3.97. The van der Waals surface area contributed by atoms with Gasteiger partial charge in [0.05, 0.1) is 12.7 Å². The van der Waals surface area contributed by atoms with Gasteiger partial charge < -0.3 is 4.74 Å². The molecule has 0 radical (unpaired) electrons. The van der Waals surface area contributed by atoms with Gasteiger partial charge in [-0.25, -0.2) is 4.79 Å². The first kappa shape index (κ1) is 15.3. The van der Waals surface area contributed by atoms with E-state index in [9.17, 15) is 9.59 Å². The lowest BCUT2D eigenvalue weighted by Gasteiger charge is -2.05. The summed E-state index contributed by atoms with van der Waals surface area (Å²) in [6.07, 6.45) is 0. The number of hydrogen-bond donors (Lipinski definition) is 0. The van der Waals surface area contributed by atoms with E-state index in [0.29, 0.717) is 5.56 Å². The summed E-state index contributed by atoms with van der Waals surface area (Å²) in [4.78, 5) is 23.7. The van der Waals surface area contributed by atoms with E-state index >= 15 is 0 Å². The van der Waals surface area contributed by atoms with Crippen molar-refractivity contribution in [3.05, 3.63) is 65.2 Å². The highest BCUT2D eigenvalue weighted by molar-refractivity contribution is 7.98. The Kier molecular flexibility index (Phi) is 5.17. The second-order valence-corrected chi connectivity index (χ2v) is 5.61. The number of hydrogen-bond acceptors (Lipinski definition) is 4. The molecule has 0 heterocycles. The molecule has 2 rings (SSSR count). The molecule has 0 atom stereocenters. The summed E-state index contributed by atoms with van der Waals surface area (Å²) in [6, 6.07) is 14.9. The molecule has 21 heavy (non-hydrogen) atoms. The monoisotopic (exact) mass is 300 g/mol. The Morgan fingerprint density at radius 3 is 2.38 bits per heavy atom.